The Balaban J connectivity index is 2.18. The van der Waals surface area contributed by atoms with Crippen LogP contribution in [0.5, 0.6) is 0 Å². The van der Waals surface area contributed by atoms with Crippen LogP contribution in [0.1, 0.15) is 6.42 Å². The average molecular weight is 241 g/mol. The third kappa shape index (κ3) is 2.23. The number of esters is 1. The normalized spacial score (nSPS) is 20.8. The van der Waals surface area contributed by atoms with Gasteiger partial charge in [0.15, 0.2) is 0 Å². The fraction of sp³-hybridized carbons (Fsp3) is 0.300. The lowest BCUT2D eigenvalue weighted by atomic mass is 10.3. The molecule has 2 rings (SSSR count). The number of sulfonamides is 1. The van der Waals surface area contributed by atoms with Gasteiger partial charge in [0.2, 0.25) is 10.0 Å². The molecule has 86 valence electrons. The van der Waals surface area contributed by atoms with E-state index in [1.165, 1.54) is 12.1 Å². The summed E-state index contributed by atoms with van der Waals surface area (Å²) in [5.74, 6) is -0.514. The van der Waals surface area contributed by atoms with Crippen LogP contribution in [0.2, 0.25) is 0 Å². The van der Waals surface area contributed by atoms with Gasteiger partial charge in [-0.25, -0.2) is 8.42 Å². The molecule has 1 aliphatic heterocycles. The molecule has 0 radical (unpaired) electrons. The smallest absolute Gasteiger partial charge is 0.324 e. The highest BCUT2D eigenvalue weighted by Gasteiger charge is 2.30. The number of hydrogen-bond donors (Lipinski definition) is 1. The zero-order chi connectivity index (χ0) is 11.6. The largest absolute Gasteiger partial charge is 0.464 e. The standard InChI is InChI=1S/C10H11NO4S/c12-10-9(6-7-15-10)11-16(13,14)8-4-2-1-3-5-8/h1-5,9,11H,6-7H2/t9-/m0/s1. The molecule has 0 spiro atoms. The number of benzene rings is 1. The zero-order valence-corrected chi connectivity index (χ0v) is 9.24. The lowest BCUT2D eigenvalue weighted by Gasteiger charge is -2.09. The summed E-state index contributed by atoms with van der Waals surface area (Å²) in [7, 11) is -3.63. The Hall–Kier alpha value is -1.40. The van der Waals surface area contributed by atoms with Crippen LogP contribution >= 0.6 is 0 Å². The molecule has 1 N–H and O–H groups in total. The lowest BCUT2D eigenvalue weighted by molar-refractivity contribution is -0.139. The summed E-state index contributed by atoms with van der Waals surface area (Å²) in [6, 6.07) is 7.17. The first-order valence-electron chi connectivity index (χ1n) is 4.83. The molecule has 1 aliphatic rings. The van der Waals surface area contributed by atoms with Gasteiger partial charge in [-0.1, -0.05) is 18.2 Å². The van der Waals surface area contributed by atoms with Crippen LogP contribution in [0.4, 0.5) is 0 Å². The summed E-state index contributed by atoms with van der Waals surface area (Å²) < 4.78 is 30.6. The minimum atomic E-state index is -3.63. The van der Waals surface area contributed by atoms with Gasteiger partial charge in [-0.2, -0.15) is 4.72 Å². The molecule has 0 bridgehead atoms. The van der Waals surface area contributed by atoms with Gasteiger partial charge in [-0.3, -0.25) is 4.79 Å². The van der Waals surface area contributed by atoms with Gasteiger partial charge < -0.3 is 4.74 Å². The van der Waals surface area contributed by atoms with E-state index in [1.807, 2.05) is 0 Å². The first-order valence-corrected chi connectivity index (χ1v) is 6.32. The molecule has 0 aromatic heterocycles. The van der Waals surface area contributed by atoms with E-state index in [2.05, 4.69) is 9.46 Å². The van der Waals surface area contributed by atoms with Crippen molar-refractivity contribution in [1.82, 2.24) is 4.72 Å². The Morgan fingerprint density at radius 2 is 1.94 bits per heavy atom. The molecule has 1 aromatic carbocycles. The van der Waals surface area contributed by atoms with Crippen LogP contribution in [0, 0.1) is 0 Å². The van der Waals surface area contributed by atoms with Crippen LogP contribution in [0.25, 0.3) is 0 Å². The van der Waals surface area contributed by atoms with Gasteiger partial charge in [0.25, 0.3) is 0 Å². The minimum absolute atomic E-state index is 0.148. The van der Waals surface area contributed by atoms with Crippen LogP contribution in [0.15, 0.2) is 35.2 Å². The molecule has 5 nitrogen and oxygen atoms in total. The number of cyclic esters (lactones) is 1. The van der Waals surface area contributed by atoms with Crippen LogP contribution < -0.4 is 4.72 Å². The Bertz CT molecular complexity index is 483. The Morgan fingerprint density at radius 1 is 1.25 bits per heavy atom. The third-order valence-corrected chi connectivity index (χ3v) is 3.77. The summed E-state index contributed by atoms with van der Waals surface area (Å²) in [5.41, 5.74) is 0. The summed E-state index contributed by atoms with van der Waals surface area (Å²) in [6.45, 7) is 0.265. The maximum absolute atomic E-state index is 11.8. The fourth-order valence-corrected chi connectivity index (χ4v) is 2.70. The zero-order valence-electron chi connectivity index (χ0n) is 8.42. The van der Waals surface area contributed by atoms with Crippen molar-refractivity contribution in [3.05, 3.63) is 30.3 Å². The molecule has 0 saturated carbocycles. The molecule has 1 heterocycles. The number of ether oxygens (including phenoxy) is 1. The van der Waals surface area contributed by atoms with E-state index in [4.69, 9.17) is 0 Å². The van der Waals surface area contributed by atoms with E-state index < -0.39 is 22.0 Å². The number of carbonyl (C=O) groups is 1. The number of carbonyl (C=O) groups excluding carboxylic acids is 1. The van der Waals surface area contributed by atoms with Crippen LogP contribution in [-0.4, -0.2) is 27.0 Å². The molecule has 16 heavy (non-hydrogen) atoms. The quantitative estimate of drug-likeness (QED) is 0.771. The third-order valence-electron chi connectivity index (χ3n) is 2.29. The first-order chi connectivity index (χ1) is 7.59. The minimum Gasteiger partial charge on any atom is -0.464 e. The van der Waals surface area contributed by atoms with Crippen molar-refractivity contribution in [2.75, 3.05) is 6.61 Å². The summed E-state index contributed by atoms with van der Waals surface area (Å²) in [5, 5.41) is 0. The topological polar surface area (TPSA) is 72.5 Å². The van der Waals surface area contributed by atoms with Gasteiger partial charge in [0, 0.05) is 6.42 Å². The van der Waals surface area contributed by atoms with E-state index in [0.29, 0.717) is 6.42 Å². The summed E-state index contributed by atoms with van der Waals surface area (Å²) in [4.78, 5) is 11.3. The highest BCUT2D eigenvalue weighted by molar-refractivity contribution is 7.89. The van der Waals surface area contributed by atoms with Crippen LogP contribution in [0.3, 0.4) is 0 Å². The molecular weight excluding hydrogens is 230 g/mol. The number of hydrogen-bond acceptors (Lipinski definition) is 4. The van der Waals surface area contributed by atoms with Crippen molar-refractivity contribution in [3.8, 4) is 0 Å². The van der Waals surface area contributed by atoms with E-state index >= 15 is 0 Å². The molecule has 1 atom stereocenters. The molecule has 1 saturated heterocycles. The molecule has 1 aromatic rings. The van der Waals surface area contributed by atoms with Crippen molar-refractivity contribution in [1.29, 1.82) is 0 Å². The van der Waals surface area contributed by atoms with Crippen molar-refractivity contribution in [2.24, 2.45) is 0 Å². The molecule has 0 unspecified atom stereocenters. The summed E-state index contributed by atoms with van der Waals surface area (Å²) >= 11 is 0. The molecule has 1 fully saturated rings. The maximum atomic E-state index is 11.8. The van der Waals surface area contributed by atoms with Gasteiger partial charge in [0.1, 0.15) is 6.04 Å². The van der Waals surface area contributed by atoms with Gasteiger partial charge in [0.05, 0.1) is 11.5 Å². The van der Waals surface area contributed by atoms with Gasteiger partial charge >= 0.3 is 5.97 Å². The van der Waals surface area contributed by atoms with E-state index in [9.17, 15) is 13.2 Å². The van der Waals surface area contributed by atoms with E-state index in [0.717, 1.165) is 0 Å². The molecular formula is C10H11NO4S. The Labute approximate surface area is 93.5 Å². The monoisotopic (exact) mass is 241 g/mol. The van der Waals surface area contributed by atoms with Crippen molar-refractivity contribution < 1.29 is 17.9 Å². The molecule has 0 amide bonds. The first kappa shape index (κ1) is 11.1. The highest BCUT2D eigenvalue weighted by atomic mass is 32.2. The highest BCUT2D eigenvalue weighted by Crippen LogP contribution is 2.12. The van der Waals surface area contributed by atoms with Crippen LogP contribution in [-0.2, 0) is 19.6 Å². The Morgan fingerprint density at radius 3 is 2.50 bits per heavy atom. The second-order valence-electron chi connectivity index (χ2n) is 3.44. The number of nitrogens with one attached hydrogen (secondary N) is 1. The van der Waals surface area contributed by atoms with Crippen molar-refractivity contribution in [3.63, 3.8) is 0 Å². The maximum Gasteiger partial charge on any atom is 0.324 e. The fourth-order valence-electron chi connectivity index (χ4n) is 1.46. The molecule has 6 heteroatoms. The van der Waals surface area contributed by atoms with E-state index in [-0.39, 0.29) is 11.5 Å². The van der Waals surface area contributed by atoms with E-state index in [1.54, 1.807) is 18.2 Å². The van der Waals surface area contributed by atoms with Crippen molar-refractivity contribution >= 4 is 16.0 Å². The second-order valence-corrected chi connectivity index (χ2v) is 5.16. The number of rotatable bonds is 3. The van der Waals surface area contributed by atoms with Gasteiger partial charge in [-0.05, 0) is 12.1 Å². The predicted octanol–water partition coefficient (Wildman–Crippen LogP) is 0.280. The predicted molar refractivity (Wildman–Crippen MR) is 56.1 cm³/mol. The average Bonchev–Trinajstić information content (AvgIpc) is 2.65. The lowest BCUT2D eigenvalue weighted by Crippen LogP contribution is -2.37. The second kappa shape index (κ2) is 4.23. The van der Waals surface area contributed by atoms with Gasteiger partial charge in [-0.15, -0.1) is 0 Å². The Kier molecular flexibility index (Phi) is 2.93. The SMILES string of the molecule is O=C1OCC[C@@H]1NS(=O)(=O)c1ccccc1. The van der Waals surface area contributed by atoms with Crippen molar-refractivity contribution in [2.45, 2.75) is 17.4 Å². The summed E-state index contributed by atoms with van der Waals surface area (Å²) in [6.07, 6.45) is 0.380. The molecule has 0 aliphatic carbocycles.